The molecule has 9 nitrogen and oxygen atoms in total. The molecule has 2 aliphatic rings. The summed E-state index contributed by atoms with van der Waals surface area (Å²) in [4.78, 5) is 49.3. The number of likely N-dealkylation sites (tertiary alicyclic amines) is 1. The topological polar surface area (TPSA) is 96.2 Å². The van der Waals surface area contributed by atoms with E-state index in [1.165, 1.54) is 11.3 Å². The van der Waals surface area contributed by atoms with Gasteiger partial charge in [-0.15, -0.1) is 11.3 Å². The Morgan fingerprint density at radius 2 is 1.79 bits per heavy atom. The molecular formula is C24H32N4O5S. The van der Waals surface area contributed by atoms with Crippen LogP contribution >= 0.6 is 11.3 Å². The first kappa shape index (κ1) is 24.3. The molecule has 184 valence electrons. The number of aryl methyl sites for hydroxylation is 1. The highest BCUT2D eigenvalue weighted by molar-refractivity contribution is 7.15. The Balaban J connectivity index is 1.35. The summed E-state index contributed by atoms with van der Waals surface area (Å²) in [6.07, 6.45) is 2.76. The molecule has 2 aliphatic heterocycles. The molecule has 10 heteroatoms. The number of amides is 3. The lowest BCUT2D eigenvalue weighted by molar-refractivity contribution is -0.138. The number of thiazole rings is 1. The summed E-state index contributed by atoms with van der Waals surface area (Å²) in [6, 6.07) is 3.62. The largest absolute Gasteiger partial charge is 0.462 e. The Morgan fingerprint density at radius 3 is 2.44 bits per heavy atom. The zero-order valence-electron chi connectivity index (χ0n) is 20.2. The quantitative estimate of drug-likeness (QED) is 0.655. The van der Waals surface area contributed by atoms with Gasteiger partial charge in [0.1, 0.15) is 11.3 Å². The van der Waals surface area contributed by atoms with E-state index in [-0.39, 0.29) is 23.8 Å². The van der Waals surface area contributed by atoms with Crippen LogP contribution in [0.1, 0.15) is 49.0 Å². The van der Waals surface area contributed by atoms with E-state index in [0.29, 0.717) is 55.7 Å². The molecule has 3 amide bonds. The zero-order valence-corrected chi connectivity index (χ0v) is 21.0. The van der Waals surface area contributed by atoms with Crippen LogP contribution < -0.4 is 0 Å². The third-order valence-corrected chi connectivity index (χ3v) is 7.02. The van der Waals surface area contributed by atoms with Crippen LogP contribution in [0.2, 0.25) is 0 Å². The molecule has 4 rings (SSSR count). The Kier molecular flexibility index (Phi) is 6.97. The fourth-order valence-electron chi connectivity index (χ4n) is 4.31. The van der Waals surface area contributed by atoms with Gasteiger partial charge in [-0.05, 0) is 52.7 Å². The molecule has 2 saturated heterocycles. The summed E-state index contributed by atoms with van der Waals surface area (Å²) in [5.41, 5.74) is -0.119. The smallest absolute Gasteiger partial charge is 0.410 e. The second-order valence-corrected chi connectivity index (χ2v) is 11.0. The summed E-state index contributed by atoms with van der Waals surface area (Å²) in [5, 5.41) is 0.679. The van der Waals surface area contributed by atoms with E-state index in [1.54, 1.807) is 22.1 Å². The first-order valence-electron chi connectivity index (χ1n) is 11.7. The highest BCUT2D eigenvalue weighted by atomic mass is 32.1. The molecule has 2 aromatic heterocycles. The van der Waals surface area contributed by atoms with Crippen LogP contribution in [-0.2, 0) is 9.53 Å². The molecular weight excluding hydrogens is 456 g/mol. The molecule has 2 fully saturated rings. The number of ether oxygens (including phenoxy) is 1. The fourth-order valence-corrected chi connectivity index (χ4v) is 5.18. The lowest BCUT2D eigenvalue weighted by Crippen LogP contribution is -2.54. The highest BCUT2D eigenvalue weighted by Crippen LogP contribution is 2.30. The van der Waals surface area contributed by atoms with Crippen LogP contribution in [-0.4, -0.2) is 82.5 Å². The van der Waals surface area contributed by atoms with Crippen LogP contribution in [0, 0.1) is 12.8 Å². The number of hydrogen-bond acceptors (Lipinski definition) is 7. The van der Waals surface area contributed by atoms with Gasteiger partial charge in [-0.3, -0.25) is 9.59 Å². The second kappa shape index (κ2) is 9.77. The van der Waals surface area contributed by atoms with Crippen molar-refractivity contribution in [3.05, 3.63) is 29.0 Å². The third-order valence-electron chi connectivity index (χ3n) is 6.03. The van der Waals surface area contributed by atoms with Gasteiger partial charge in [0, 0.05) is 44.1 Å². The lowest BCUT2D eigenvalue weighted by atomic mass is 9.96. The molecule has 4 heterocycles. The van der Waals surface area contributed by atoms with Crippen molar-refractivity contribution in [3.63, 3.8) is 0 Å². The Bertz CT molecular complexity index is 1030. The van der Waals surface area contributed by atoms with Crippen molar-refractivity contribution in [1.82, 2.24) is 19.7 Å². The molecule has 1 unspecified atom stereocenters. The van der Waals surface area contributed by atoms with Gasteiger partial charge >= 0.3 is 6.09 Å². The number of carbonyl (C=O) groups excluding carboxylic acids is 3. The van der Waals surface area contributed by atoms with Gasteiger partial charge in [-0.1, -0.05) is 0 Å². The zero-order chi connectivity index (χ0) is 24.5. The molecule has 0 aromatic carbocycles. The number of aromatic nitrogens is 1. The molecule has 34 heavy (non-hydrogen) atoms. The van der Waals surface area contributed by atoms with E-state index in [0.717, 1.165) is 17.7 Å². The SMILES string of the molecule is Cc1sc(-c2ccco2)nc1C(=O)N1CCCC(C(=O)N2CCN(C(=O)OC(C)(C)C)CC2)C1. The highest BCUT2D eigenvalue weighted by Gasteiger charge is 2.35. The van der Waals surface area contributed by atoms with E-state index < -0.39 is 5.60 Å². The summed E-state index contributed by atoms with van der Waals surface area (Å²) in [6.45, 7) is 10.2. The van der Waals surface area contributed by atoms with E-state index >= 15 is 0 Å². The minimum Gasteiger partial charge on any atom is -0.462 e. The number of rotatable bonds is 3. The van der Waals surface area contributed by atoms with Crippen LogP contribution in [0.25, 0.3) is 10.8 Å². The first-order chi connectivity index (χ1) is 16.1. The number of piperidine rings is 1. The van der Waals surface area contributed by atoms with Crippen molar-refractivity contribution in [2.24, 2.45) is 5.92 Å². The molecule has 0 bridgehead atoms. The average molecular weight is 489 g/mol. The van der Waals surface area contributed by atoms with Gasteiger partial charge in [-0.2, -0.15) is 0 Å². The normalized spacial score (nSPS) is 19.3. The number of hydrogen-bond donors (Lipinski definition) is 0. The molecule has 0 saturated carbocycles. The van der Waals surface area contributed by atoms with Crippen LogP contribution in [0.4, 0.5) is 4.79 Å². The lowest BCUT2D eigenvalue weighted by Gasteiger charge is -2.39. The Labute approximate surface area is 203 Å². The molecule has 2 aromatic rings. The predicted octanol–water partition coefficient (Wildman–Crippen LogP) is 3.64. The van der Waals surface area contributed by atoms with Gasteiger partial charge < -0.3 is 23.9 Å². The maximum Gasteiger partial charge on any atom is 0.410 e. The fraction of sp³-hybridized carbons (Fsp3) is 0.583. The second-order valence-electron chi connectivity index (χ2n) is 9.78. The summed E-state index contributed by atoms with van der Waals surface area (Å²) >= 11 is 1.43. The maximum atomic E-state index is 13.2. The van der Waals surface area contributed by atoms with Gasteiger partial charge in [0.05, 0.1) is 12.2 Å². The van der Waals surface area contributed by atoms with Gasteiger partial charge in [0.25, 0.3) is 5.91 Å². The van der Waals surface area contributed by atoms with Gasteiger partial charge in [0.15, 0.2) is 10.8 Å². The number of nitrogens with zero attached hydrogens (tertiary/aromatic N) is 4. The van der Waals surface area contributed by atoms with E-state index in [4.69, 9.17) is 9.15 Å². The van der Waals surface area contributed by atoms with E-state index in [9.17, 15) is 14.4 Å². The third kappa shape index (κ3) is 5.43. The summed E-state index contributed by atoms with van der Waals surface area (Å²) in [5.74, 6) is 0.310. The van der Waals surface area contributed by atoms with Crippen molar-refractivity contribution in [2.45, 2.75) is 46.1 Å². The van der Waals surface area contributed by atoms with E-state index in [2.05, 4.69) is 4.98 Å². The molecule has 0 N–H and O–H groups in total. The Morgan fingerprint density at radius 1 is 1.09 bits per heavy atom. The van der Waals surface area contributed by atoms with Crippen molar-refractivity contribution < 1.29 is 23.5 Å². The molecule has 0 aliphatic carbocycles. The minimum absolute atomic E-state index is 0.0487. The summed E-state index contributed by atoms with van der Waals surface area (Å²) < 4.78 is 10.9. The number of piperazine rings is 1. The van der Waals surface area contributed by atoms with Crippen molar-refractivity contribution >= 4 is 29.2 Å². The number of furan rings is 1. The standard InChI is InChI=1S/C24H32N4O5S/c1-16-19(25-20(34-16)18-8-6-14-32-18)22(30)28-9-5-7-17(15-28)21(29)26-10-12-27(13-11-26)23(31)33-24(2,3)4/h6,8,14,17H,5,7,9-13,15H2,1-4H3. The molecule has 1 atom stereocenters. The van der Waals surface area contributed by atoms with E-state index in [1.807, 2.05) is 38.7 Å². The van der Waals surface area contributed by atoms with Crippen molar-refractivity contribution in [2.75, 3.05) is 39.3 Å². The van der Waals surface area contributed by atoms with Crippen LogP contribution in [0.3, 0.4) is 0 Å². The van der Waals surface area contributed by atoms with Crippen molar-refractivity contribution in [3.8, 4) is 10.8 Å². The van der Waals surface area contributed by atoms with Crippen LogP contribution in [0.15, 0.2) is 22.8 Å². The Hall–Kier alpha value is -2.88. The average Bonchev–Trinajstić information content (AvgIpc) is 3.47. The van der Waals surface area contributed by atoms with Gasteiger partial charge in [0.2, 0.25) is 5.91 Å². The predicted molar refractivity (Wildman–Crippen MR) is 128 cm³/mol. The molecule has 0 spiro atoms. The van der Waals surface area contributed by atoms with Gasteiger partial charge in [-0.25, -0.2) is 9.78 Å². The maximum absolute atomic E-state index is 13.2. The van der Waals surface area contributed by atoms with Crippen molar-refractivity contribution in [1.29, 1.82) is 0 Å². The molecule has 0 radical (unpaired) electrons. The van der Waals surface area contributed by atoms with Crippen LogP contribution in [0.5, 0.6) is 0 Å². The minimum atomic E-state index is -0.545. The monoisotopic (exact) mass is 488 g/mol. The number of carbonyl (C=O) groups is 3. The summed E-state index contributed by atoms with van der Waals surface area (Å²) in [7, 11) is 0. The first-order valence-corrected chi connectivity index (χ1v) is 12.5.